The normalized spacial score (nSPS) is 13.3. The van der Waals surface area contributed by atoms with E-state index in [4.69, 9.17) is 16.3 Å². The first kappa shape index (κ1) is 25.8. The first-order valence-corrected chi connectivity index (χ1v) is 12.1. The first-order chi connectivity index (χ1) is 16.1. The SMILES string of the molecule is CCOc1ccc(NC(=O)c2cc(CNC(=O)C(C)(C)C)ccc2Cl)cc1C(=O)CCC1CC1. The van der Waals surface area contributed by atoms with Crippen LogP contribution in [0.3, 0.4) is 0 Å². The van der Waals surface area contributed by atoms with Gasteiger partial charge in [-0.25, -0.2) is 0 Å². The Morgan fingerprint density at radius 2 is 1.79 bits per heavy atom. The first-order valence-electron chi connectivity index (χ1n) is 11.8. The van der Waals surface area contributed by atoms with Crippen molar-refractivity contribution in [3.63, 3.8) is 0 Å². The van der Waals surface area contributed by atoms with Gasteiger partial charge in [-0.1, -0.05) is 51.3 Å². The molecule has 1 saturated carbocycles. The summed E-state index contributed by atoms with van der Waals surface area (Å²) in [5.74, 6) is 0.721. The zero-order chi connectivity index (χ0) is 24.9. The smallest absolute Gasteiger partial charge is 0.257 e. The molecule has 6 nitrogen and oxygen atoms in total. The van der Waals surface area contributed by atoms with Gasteiger partial charge in [0.15, 0.2) is 5.78 Å². The van der Waals surface area contributed by atoms with Gasteiger partial charge in [0, 0.05) is 24.1 Å². The molecule has 0 aromatic heterocycles. The molecule has 7 heteroatoms. The van der Waals surface area contributed by atoms with E-state index < -0.39 is 11.3 Å². The summed E-state index contributed by atoms with van der Waals surface area (Å²) in [4.78, 5) is 38.0. The zero-order valence-corrected chi connectivity index (χ0v) is 21.1. The minimum atomic E-state index is -0.506. The number of benzene rings is 2. The molecule has 34 heavy (non-hydrogen) atoms. The van der Waals surface area contributed by atoms with E-state index in [9.17, 15) is 14.4 Å². The number of ketones is 1. The topological polar surface area (TPSA) is 84.5 Å². The van der Waals surface area contributed by atoms with Crippen LogP contribution in [-0.4, -0.2) is 24.2 Å². The molecule has 0 aliphatic heterocycles. The quantitative estimate of drug-likeness (QED) is 0.403. The molecule has 2 N–H and O–H groups in total. The maximum atomic E-state index is 13.0. The Kier molecular flexibility index (Phi) is 8.37. The van der Waals surface area contributed by atoms with E-state index in [2.05, 4.69) is 10.6 Å². The summed E-state index contributed by atoms with van der Waals surface area (Å²) in [7, 11) is 0. The van der Waals surface area contributed by atoms with Gasteiger partial charge in [-0.05, 0) is 55.2 Å². The number of carbonyl (C=O) groups is 3. The number of amides is 2. The van der Waals surface area contributed by atoms with Crippen LogP contribution in [0.15, 0.2) is 36.4 Å². The molecule has 0 heterocycles. The Hall–Kier alpha value is -2.86. The van der Waals surface area contributed by atoms with Gasteiger partial charge in [-0.15, -0.1) is 0 Å². The number of nitrogens with one attached hydrogen (secondary N) is 2. The van der Waals surface area contributed by atoms with Gasteiger partial charge in [0.25, 0.3) is 5.91 Å². The van der Waals surface area contributed by atoms with Crippen LogP contribution in [0.5, 0.6) is 5.75 Å². The average Bonchev–Trinajstić information content (AvgIpc) is 3.61. The van der Waals surface area contributed by atoms with Gasteiger partial charge in [-0.3, -0.25) is 14.4 Å². The molecule has 2 aromatic carbocycles. The lowest BCUT2D eigenvalue weighted by molar-refractivity contribution is -0.128. The molecule has 0 radical (unpaired) electrons. The number of rotatable bonds is 10. The molecule has 3 rings (SSSR count). The lowest BCUT2D eigenvalue weighted by Gasteiger charge is -2.18. The van der Waals surface area contributed by atoms with Gasteiger partial charge in [0.2, 0.25) is 5.91 Å². The Balaban J connectivity index is 1.74. The molecule has 182 valence electrons. The van der Waals surface area contributed by atoms with Crippen molar-refractivity contribution < 1.29 is 19.1 Å². The number of Topliss-reactive ketones (excluding diaryl/α,β-unsaturated/α-hetero) is 1. The van der Waals surface area contributed by atoms with Crippen molar-refractivity contribution in [2.45, 2.75) is 59.9 Å². The molecule has 1 aliphatic rings. The van der Waals surface area contributed by atoms with Crippen molar-refractivity contribution in [3.05, 3.63) is 58.1 Å². The lowest BCUT2D eigenvalue weighted by atomic mass is 9.95. The van der Waals surface area contributed by atoms with Crippen LogP contribution < -0.4 is 15.4 Å². The van der Waals surface area contributed by atoms with Crippen molar-refractivity contribution in [1.29, 1.82) is 0 Å². The van der Waals surface area contributed by atoms with Crippen LogP contribution in [0.1, 0.15) is 79.7 Å². The number of carbonyl (C=O) groups excluding carboxylic acids is 3. The third-order valence-corrected chi connectivity index (χ3v) is 6.05. The number of anilines is 1. The van der Waals surface area contributed by atoms with Gasteiger partial charge in [0.1, 0.15) is 5.75 Å². The number of halogens is 1. The van der Waals surface area contributed by atoms with E-state index in [1.807, 2.05) is 27.7 Å². The van der Waals surface area contributed by atoms with Crippen LogP contribution >= 0.6 is 11.6 Å². The maximum absolute atomic E-state index is 13.0. The van der Waals surface area contributed by atoms with Gasteiger partial charge in [0.05, 0.1) is 22.8 Å². The number of ether oxygens (including phenoxy) is 1. The fraction of sp³-hybridized carbons (Fsp3) is 0.444. The van der Waals surface area contributed by atoms with E-state index in [-0.39, 0.29) is 18.2 Å². The summed E-state index contributed by atoms with van der Waals surface area (Å²) in [6.07, 6.45) is 3.74. The van der Waals surface area contributed by atoms with Crippen LogP contribution in [-0.2, 0) is 11.3 Å². The second-order valence-electron chi connectivity index (χ2n) is 9.75. The van der Waals surface area contributed by atoms with Gasteiger partial charge < -0.3 is 15.4 Å². The molecule has 2 aromatic rings. The molecule has 2 amide bonds. The van der Waals surface area contributed by atoms with Crippen molar-refractivity contribution in [3.8, 4) is 5.75 Å². The van der Waals surface area contributed by atoms with Crippen molar-refractivity contribution in [1.82, 2.24) is 5.32 Å². The standard InChI is InChI=1S/C27H33ClN2O4/c1-5-34-24-13-10-19(15-21(24)23(31)12-9-17-6-7-17)30-25(32)20-14-18(8-11-22(20)28)16-29-26(33)27(2,3)4/h8,10-11,13-15,17H,5-7,9,12,16H2,1-4H3,(H,29,33)(H,30,32). The molecule has 0 saturated heterocycles. The Morgan fingerprint density at radius 3 is 2.44 bits per heavy atom. The summed E-state index contributed by atoms with van der Waals surface area (Å²) in [5, 5.41) is 6.01. The Morgan fingerprint density at radius 1 is 1.06 bits per heavy atom. The van der Waals surface area contributed by atoms with Crippen molar-refractivity contribution in [2.75, 3.05) is 11.9 Å². The molecular weight excluding hydrogens is 452 g/mol. The third kappa shape index (κ3) is 7.07. The molecule has 1 fully saturated rings. The summed E-state index contributed by atoms with van der Waals surface area (Å²) in [5.41, 5.74) is 1.51. The molecular formula is C27H33ClN2O4. The van der Waals surface area contributed by atoms with Crippen molar-refractivity contribution in [2.24, 2.45) is 11.3 Å². The molecule has 0 bridgehead atoms. The number of hydrogen-bond donors (Lipinski definition) is 2. The summed E-state index contributed by atoms with van der Waals surface area (Å²) in [6, 6.07) is 10.2. The second-order valence-corrected chi connectivity index (χ2v) is 10.2. The van der Waals surface area contributed by atoms with Gasteiger partial charge >= 0.3 is 0 Å². The average molecular weight is 485 g/mol. The minimum Gasteiger partial charge on any atom is -0.493 e. The fourth-order valence-electron chi connectivity index (χ4n) is 3.49. The Bertz CT molecular complexity index is 1070. The summed E-state index contributed by atoms with van der Waals surface area (Å²) < 4.78 is 5.64. The zero-order valence-electron chi connectivity index (χ0n) is 20.3. The highest BCUT2D eigenvalue weighted by molar-refractivity contribution is 6.34. The van der Waals surface area contributed by atoms with Crippen molar-refractivity contribution >= 4 is 34.9 Å². The second kappa shape index (κ2) is 11.0. The van der Waals surface area contributed by atoms with E-state index >= 15 is 0 Å². The summed E-state index contributed by atoms with van der Waals surface area (Å²) >= 11 is 6.30. The van der Waals surface area contributed by atoms with Gasteiger partial charge in [-0.2, -0.15) is 0 Å². The monoisotopic (exact) mass is 484 g/mol. The van der Waals surface area contributed by atoms with E-state index in [1.165, 1.54) is 12.8 Å². The fourth-order valence-corrected chi connectivity index (χ4v) is 3.69. The number of hydrogen-bond acceptors (Lipinski definition) is 4. The highest BCUT2D eigenvalue weighted by atomic mass is 35.5. The highest BCUT2D eigenvalue weighted by Gasteiger charge is 2.24. The Labute approximate surface area is 206 Å². The third-order valence-electron chi connectivity index (χ3n) is 5.72. The minimum absolute atomic E-state index is 0.0149. The predicted molar refractivity (Wildman–Crippen MR) is 135 cm³/mol. The molecule has 0 unspecified atom stereocenters. The van der Waals surface area contributed by atoms with Crippen LogP contribution in [0.4, 0.5) is 5.69 Å². The van der Waals surface area contributed by atoms with Crippen LogP contribution in [0, 0.1) is 11.3 Å². The van der Waals surface area contributed by atoms with Crippen LogP contribution in [0.25, 0.3) is 0 Å². The van der Waals surface area contributed by atoms with E-state index in [0.717, 1.165) is 12.0 Å². The summed E-state index contributed by atoms with van der Waals surface area (Å²) in [6.45, 7) is 8.12. The molecule has 0 atom stereocenters. The van der Waals surface area contributed by atoms with E-state index in [0.29, 0.717) is 46.5 Å². The maximum Gasteiger partial charge on any atom is 0.257 e. The largest absolute Gasteiger partial charge is 0.493 e. The molecule has 0 spiro atoms. The van der Waals surface area contributed by atoms with E-state index in [1.54, 1.807) is 36.4 Å². The lowest BCUT2D eigenvalue weighted by Crippen LogP contribution is -2.34. The van der Waals surface area contributed by atoms with Crippen LogP contribution in [0.2, 0.25) is 5.02 Å². The molecule has 1 aliphatic carbocycles. The predicted octanol–water partition coefficient (Wildman–Crippen LogP) is 6.03. The highest BCUT2D eigenvalue weighted by Crippen LogP contribution is 2.35.